The molecule has 1 N–H and O–H groups in total. The highest BCUT2D eigenvalue weighted by atomic mass is 19.4. The topological polar surface area (TPSA) is 29.1 Å². The van der Waals surface area contributed by atoms with Crippen molar-refractivity contribution in [3.8, 4) is 0 Å². The van der Waals surface area contributed by atoms with E-state index < -0.39 is 11.7 Å². The van der Waals surface area contributed by atoms with Gasteiger partial charge in [-0.25, -0.2) is 0 Å². The lowest BCUT2D eigenvalue weighted by molar-refractivity contribution is -0.137. The van der Waals surface area contributed by atoms with Gasteiger partial charge in [0, 0.05) is 24.4 Å². The molecule has 1 aromatic rings. The molecule has 2 atom stereocenters. The van der Waals surface area contributed by atoms with Crippen molar-refractivity contribution >= 4 is 5.78 Å². The molecule has 2 bridgehead atoms. The van der Waals surface area contributed by atoms with Gasteiger partial charge >= 0.3 is 6.18 Å². The number of carbonyl (C=O) groups excluding carboxylic acids is 1. The number of piperidine rings is 2. The number of fused-ring (bicyclic) bond motifs is 2. The predicted molar refractivity (Wildman–Crippen MR) is 77.4 cm³/mol. The van der Waals surface area contributed by atoms with Gasteiger partial charge in [0.05, 0.1) is 5.56 Å². The Labute approximate surface area is 128 Å². The summed E-state index contributed by atoms with van der Waals surface area (Å²) in [6, 6.07) is 5.94. The maximum Gasteiger partial charge on any atom is 0.416 e. The maximum atomic E-state index is 12.7. The molecule has 0 aliphatic carbocycles. The molecule has 3 rings (SSSR count). The number of nitrogens with one attached hydrogen (secondary N) is 1. The first kappa shape index (κ1) is 15.5. The van der Waals surface area contributed by atoms with E-state index in [1.165, 1.54) is 12.5 Å². The molecule has 22 heavy (non-hydrogen) atoms. The number of ketones is 1. The molecule has 2 fully saturated rings. The third-order valence-corrected chi connectivity index (χ3v) is 4.80. The standard InChI is InChI=1S/C17H20F3NO/c18-17(19,20)13-4-1-3-11(7-13)8-16(22)12-9-14-5-2-6-15(10-12)21-14/h1,3-4,7,12,14-15,21H,2,5-6,8-10H2. The Hall–Kier alpha value is -1.36. The van der Waals surface area contributed by atoms with Crippen LogP contribution in [0.4, 0.5) is 13.2 Å². The molecular formula is C17H20F3NO. The van der Waals surface area contributed by atoms with Crippen LogP contribution in [0, 0.1) is 5.92 Å². The Balaban J connectivity index is 1.67. The lowest BCUT2D eigenvalue weighted by Crippen LogP contribution is -2.50. The fraction of sp³-hybridized carbons (Fsp3) is 0.588. The van der Waals surface area contributed by atoms with Crippen molar-refractivity contribution in [3.63, 3.8) is 0 Å². The number of alkyl halides is 3. The summed E-state index contributed by atoms with van der Waals surface area (Å²) in [5.74, 6) is 0.0730. The van der Waals surface area contributed by atoms with Crippen LogP contribution in [0.25, 0.3) is 0 Å². The van der Waals surface area contributed by atoms with Crippen molar-refractivity contribution in [3.05, 3.63) is 35.4 Å². The van der Waals surface area contributed by atoms with Gasteiger partial charge in [-0.15, -0.1) is 0 Å². The summed E-state index contributed by atoms with van der Waals surface area (Å²) in [7, 11) is 0. The van der Waals surface area contributed by atoms with Gasteiger partial charge < -0.3 is 5.32 Å². The summed E-state index contributed by atoms with van der Waals surface area (Å²) in [6.07, 6.45) is 0.812. The van der Waals surface area contributed by atoms with Gasteiger partial charge in [0.25, 0.3) is 0 Å². The molecule has 2 aliphatic rings. The van der Waals surface area contributed by atoms with Crippen molar-refractivity contribution in [1.82, 2.24) is 5.32 Å². The molecule has 1 aromatic carbocycles. The van der Waals surface area contributed by atoms with Gasteiger partial charge in [-0.05, 0) is 37.3 Å². The smallest absolute Gasteiger partial charge is 0.311 e. The Morgan fingerprint density at radius 3 is 2.50 bits per heavy atom. The van der Waals surface area contributed by atoms with Crippen LogP contribution in [-0.2, 0) is 17.4 Å². The van der Waals surface area contributed by atoms with E-state index in [0.29, 0.717) is 17.6 Å². The minimum absolute atomic E-state index is 0.00825. The van der Waals surface area contributed by atoms with Gasteiger partial charge in [0.1, 0.15) is 5.78 Å². The lowest BCUT2D eigenvalue weighted by atomic mass is 9.77. The monoisotopic (exact) mass is 311 g/mol. The third-order valence-electron chi connectivity index (χ3n) is 4.80. The van der Waals surface area contributed by atoms with Crippen molar-refractivity contribution in [1.29, 1.82) is 0 Å². The number of hydrogen-bond donors (Lipinski definition) is 1. The molecule has 2 aliphatic heterocycles. The summed E-state index contributed by atoms with van der Waals surface area (Å²) in [6.45, 7) is 0. The SMILES string of the molecule is O=C(Cc1cccc(C(F)(F)F)c1)C1CC2CCCC(C1)N2. The average molecular weight is 311 g/mol. The zero-order valence-corrected chi connectivity index (χ0v) is 12.3. The molecule has 2 unspecified atom stereocenters. The van der Waals surface area contributed by atoms with Gasteiger partial charge in [-0.2, -0.15) is 13.2 Å². The van der Waals surface area contributed by atoms with Crippen LogP contribution in [0.3, 0.4) is 0 Å². The first-order chi connectivity index (χ1) is 10.4. The minimum Gasteiger partial charge on any atom is -0.311 e. The van der Waals surface area contributed by atoms with E-state index >= 15 is 0 Å². The van der Waals surface area contributed by atoms with E-state index in [-0.39, 0.29) is 18.1 Å². The molecule has 2 nitrogen and oxygen atoms in total. The minimum atomic E-state index is -4.36. The fourth-order valence-corrected chi connectivity index (χ4v) is 3.73. The Morgan fingerprint density at radius 2 is 1.86 bits per heavy atom. The number of rotatable bonds is 3. The van der Waals surface area contributed by atoms with Crippen LogP contribution in [0.2, 0.25) is 0 Å². The molecule has 2 heterocycles. The van der Waals surface area contributed by atoms with Crippen molar-refractivity contribution < 1.29 is 18.0 Å². The second-order valence-electron chi connectivity index (χ2n) is 6.50. The number of benzene rings is 1. The van der Waals surface area contributed by atoms with Crippen LogP contribution in [0.1, 0.15) is 43.2 Å². The molecule has 2 saturated heterocycles. The average Bonchev–Trinajstić information content (AvgIpc) is 2.46. The van der Waals surface area contributed by atoms with Crippen molar-refractivity contribution in [2.75, 3.05) is 0 Å². The second-order valence-corrected chi connectivity index (χ2v) is 6.50. The van der Waals surface area contributed by atoms with Crippen LogP contribution in [0.5, 0.6) is 0 Å². The summed E-state index contributed by atoms with van der Waals surface area (Å²) in [4.78, 5) is 12.5. The summed E-state index contributed by atoms with van der Waals surface area (Å²) in [5.41, 5.74) is -0.219. The van der Waals surface area contributed by atoms with E-state index in [4.69, 9.17) is 0 Å². The molecule has 0 spiro atoms. The van der Waals surface area contributed by atoms with Crippen molar-refractivity contribution in [2.45, 2.75) is 56.8 Å². The highest BCUT2D eigenvalue weighted by Crippen LogP contribution is 2.32. The van der Waals surface area contributed by atoms with E-state index in [2.05, 4.69) is 5.32 Å². The number of carbonyl (C=O) groups is 1. The van der Waals surface area contributed by atoms with Crippen LogP contribution < -0.4 is 5.32 Å². The fourth-order valence-electron chi connectivity index (χ4n) is 3.73. The number of Topliss-reactive ketones (excluding diaryl/α,β-unsaturated/α-hetero) is 1. The highest BCUT2D eigenvalue weighted by molar-refractivity contribution is 5.83. The summed E-state index contributed by atoms with van der Waals surface area (Å²) in [5, 5.41) is 3.53. The number of halogens is 3. The molecule has 5 heteroatoms. The highest BCUT2D eigenvalue weighted by Gasteiger charge is 2.35. The van der Waals surface area contributed by atoms with Gasteiger partial charge in [0.2, 0.25) is 0 Å². The zero-order valence-electron chi connectivity index (χ0n) is 12.3. The van der Waals surface area contributed by atoms with E-state index in [1.54, 1.807) is 6.07 Å². The first-order valence-electron chi connectivity index (χ1n) is 7.87. The lowest BCUT2D eigenvalue weighted by Gasteiger charge is -2.39. The predicted octanol–water partition coefficient (Wildman–Crippen LogP) is 3.74. The molecule has 120 valence electrons. The Kier molecular flexibility index (Phi) is 4.26. The Morgan fingerprint density at radius 1 is 1.18 bits per heavy atom. The quantitative estimate of drug-likeness (QED) is 0.921. The third kappa shape index (κ3) is 3.51. The van der Waals surface area contributed by atoms with E-state index in [9.17, 15) is 18.0 Å². The van der Waals surface area contributed by atoms with Crippen molar-refractivity contribution in [2.24, 2.45) is 5.92 Å². The van der Waals surface area contributed by atoms with Crippen LogP contribution >= 0.6 is 0 Å². The molecule has 0 aromatic heterocycles. The van der Waals surface area contributed by atoms with E-state index in [1.807, 2.05) is 0 Å². The molecular weight excluding hydrogens is 291 g/mol. The summed E-state index contributed by atoms with van der Waals surface area (Å²) >= 11 is 0. The normalized spacial score (nSPS) is 28.4. The molecule has 0 radical (unpaired) electrons. The van der Waals surface area contributed by atoms with Gasteiger partial charge in [-0.1, -0.05) is 24.6 Å². The van der Waals surface area contributed by atoms with E-state index in [0.717, 1.165) is 37.8 Å². The van der Waals surface area contributed by atoms with Crippen LogP contribution in [0.15, 0.2) is 24.3 Å². The molecule has 0 saturated carbocycles. The second kappa shape index (κ2) is 6.03. The van der Waals surface area contributed by atoms with Gasteiger partial charge in [0.15, 0.2) is 0 Å². The zero-order chi connectivity index (χ0) is 15.7. The largest absolute Gasteiger partial charge is 0.416 e. The maximum absolute atomic E-state index is 12.7. The first-order valence-corrected chi connectivity index (χ1v) is 7.87. The molecule has 0 amide bonds. The number of hydrogen-bond acceptors (Lipinski definition) is 2. The van der Waals surface area contributed by atoms with Gasteiger partial charge in [-0.3, -0.25) is 4.79 Å². The summed E-state index contributed by atoms with van der Waals surface area (Å²) < 4.78 is 38.2. The Bertz CT molecular complexity index is 543. The van der Waals surface area contributed by atoms with Crippen LogP contribution in [-0.4, -0.2) is 17.9 Å².